The summed E-state index contributed by atoms with van der Waals surface area (Å²) in [6.07, 6.45) is 55.4. The lowest BCUT2D eigenvalue weighted by atomic mass is 9.99. The zero-order valence-corrected chi connectivity index (χ0v) is 42.4. The van der Waals surface area contributed by atoms with Crippen LogP contribution in [0.3, 0.4) is 0 Å². The largest absolute Gasteiger partial charge is 0.457 e. The number of unbranched alkanes of at least 4 members (excludes halogenated alkanes) is 26. The van der Waals surface area contributed by atoms with E-state index in [1.165, 1.54) is 141 Å². The first-order valence-corrected chi connectivity index (χ1v) is 27.4. The Morgan fingerprint density at radius 1 is 0.500 bits per heavy atom. The monoisotopic (exact) mass is 931 g/mol. The van der Waals surface area contributed by atoms with Crippen LogP contribution in [0.1, 0.15) is 232 Å². The van der Waals surface area contributed by atoms with Crippen LogP contribution in [-0.2, 0) is 23.7 Å². The van der Waals surface area contributed by atoms with Crippen LogP contribution in [0, 0.1) is 0 Å². The molecule has 1 heterocycles. The van der Waals surface area contributed by atoms with Crippen molar-refractivity contribution in [3.63, 3.8) is 0 Å². The highest BCUT2D eigenvalue weighted by atomic mass is 16.7. The number of ether oxygens (including phenoxy) is 4. The zero-order chi connectivity index (χ0) is 47.8. The Morgan fingerprint density at radius 2 is 0.924 bits per heavy atom. The zero-order valence-electron chi connectivity index (χ0n) is 42.4. The highest BCUT2D eigenvalue weighted by Crippen LogP contribution is 2.23. The second kappa shape index (κ2) is 47.9. The fourth-order valence-corrected chi connectivity index (χ4v) is 8.23. The van der Waals surface area contributed by atoms with Crippen molar-refractivity contribution in [2.45, 2.75) is 269 Å². The summed E-state index contributed by atoms with van der Waals surface area (Å²) in [5.41, 5.74) is 0. The minimum atomic E-state index is -1.54. The quantitative estimate of drug-likeness (QED) is 0.0267. The molecule has 6 atom stereocenters. The van der Waals surface area contributed by atoms with E-state index in [9.17, 15) is 25.2 Å². The minimum Gasteiger partial charge on any atom is -0.457 e. The number of rotatable bonds is 47. The number of carbonyl (C=O) groups excluding carboxylic acids is 1. The topological polar surface area (TPSA) is 135 Å². The van der Waals surface area contributed by atoms with E-state index >= 15 is 0 Å². The van der Waals surface area contributed by atoms with Gasteiger partial charge in [0.15, 0.2) is 6.29 Å². The number of aliphatic hydroxyl groups excluding tert-OH is 4. The van der Waals surface area contributed by atoms with Gasteiger partial charge in [-0.2, -0.15) is 0 Å². The summed E-state index contributed by atoms with van der Waals surface area (Å²) < 4.78 is 22.9. The SMILES string of the molecule is CC/C=C\C/C=C\C/C=C\C/C=C\C/C=C\CCCCCCCCCCCC(=O)OC(COCCCCCCCCCCCCCCCCCCCC)COC1OC(CO)C(O)C(O)C1O. The fraction of sp³-hybridized carbons (Fsp3) is 0.807. The Labute approximate surface area is 405 Å². The number of esters is 1. The van der Waals surface area contributed by atoms with Crippen LogP contribution in [-0.4, -0.2) is 89.6 Å². The van der Waals surface area contributed by atoms with Crippen LogP contribution in [0.15, 0.2) is 60.8 Å². The predicted molar refractivity (Wildman–Crippen MR) is 274 cm³/mol. The molecule has 66 heavy (non-hydrogen) atoms. The summed E-state index contributed by atoms with van der Waals surface area (Å²) in [6, 6.07) is 0. The molecule has 0 aromatic rings. The number of carbonyl (C=O) groups is 1. The van der Waals surface area contributed by atoms with Crippen LogP contribution in [0.2, 0.25) is 0 Å². The molecule has 1 saturated heterocycles. The molecule has 0 bridgehead atoms. The molecule has 0 amide bonds. The summed E-state index contributed by atoms with van der Waals surface area (Å²) in [4.78, 5) is 12.9. The molecule has 384 valence electrons. The molecule has 0 aliphatic carbocycles. The molecule has 0 spiro atoms. The molecule has 9 heteroatoms. The van der Waals surface area contributed by atoms with Crippen molar-refractivity contribution in [2.24, 2.45) is 0 Å². The van der Waals surface area contributed by atoms with Gasteiger partial charge < -0.3 is 39.4 Å². The van der Waals surface area contributed by atoms with Crippen molar-refractivity contribution in [2.75, 3.05) is 26.4 Å². The van der Waals surface area contributed by atoms with E-state index < -0.39 is 43.4 Å². The second-order valence-corrected chi connectivity index (χ2v) is 18.7. The van der Waals surface area contributed by atoms with E-state index in [-0.39, 0.29) is 19.2 Å². The van der Waals surface area contributed by atoms with Gasteiger partial charge >= 0.3 is 5.97 Å². The van der Waals surface area contributed by atoms with Crippen LogP contribution >= 0.6 is 0 Å². The third-order valence-corrected chi connectivity index (χ3v) is 12.4. The van der Waals surface area contributed by atoms with E-state index in [0.29, 0.717) is 13.0 Å². The first kappa shape index (κ1) is 61.9. The molecule has 4 N–H and O–H groups in total. The lowest BCUT2D eigenvalue weighted by Crippen LogP contribution is -2.59. The van der Waals surface area contributed by atoms with Crippen LogP contribution in [0.5, 0.6) is 0 Å². The Kier molecular flexibility index (Phi) is 45.0. The summed E-state index contributed by atoms with van der Waals surface area (Å²) in [5.74, 6) is -0.318. The van der Waals surface area contributed by atoms with Crippen molar-refractivity contribution in [1.82, 2.24) is 0 Å². The second-order valence-electron chi connectivity index (χ2n) is 18.7. The van der Waals surface area contributed by atoms with Gasteiger partial charge in [0.25, 0.3) is 0 Å². The Balaban J connectivity index is 2.18. The first-order chi connectivity index (χ1) is 32.4. The van der Waals surface area contributed by atoms with E-state index in [4.69, 9.17) is 18.9 Å². The number of allylic oxidation sites excluding steroid dienone is 10. The maximum absolute atomic E-state index is 12.9. The van der Waals surface area contributed by atoms with Crippen molar-refractivity contribution in [3.05, 3.63) is 60.8 Å². The van der Waals surface area contributed by atoms with Crippen molar-refractivity contribution < 1.29 is 44.2 Å². The molecule has 1 rings (SSSR count). The molecule has 6 unspecified atom stereocenters. The number of hydrogen-bond acceptors (Lipinski definition) is 9. The van der Waals surface area contributed by atoms with Gasteiger partial charge in [-0.1, -0.05) is 229 Å². The molecule has 0 radical (unpaired) electrons. The Morgan fingerprint density at radius 3 is 1.39 bits per heavy atom. The van der Waals surface area contributed by atoms with Gasteiger partial charge in [-0.25, -0.2) is 0 Å². The molecule has 0 aromatic heterocycles. The average Bonchev–Trinajstić information content (AvgIpc) is 3.32. The van der Waals surface area contributed by atoms with E-state index in [0.717, 1.165) is 70.6 Å². The molecular formula is C57H102O9. The lowest BCUT2D eigenvalue weighted by Gasteiger charge is -2.39. The fourth-order valence-electron chi connectivity index (χ4n) is 8.23. The van der Waals surface area contributed by atoms with E-state index in [2.05, 4.69) is 74.6 Å². The highest BCUT2D eigenvalue weighted by molar-refractivity contribution is 5.69. The summed E-state index contributed by atoms with van der Waals surface area (Å²) in [7, 11) is 0. The molecule has 0 saturated carbocycles. The molecule has 1 fully saturated rings. The van der Waals surface area contributed by atoms with E-state index in [1.54, 1.807) is 0 Å². The van der Waals surface area contributed by atoms with Crippen LogP contribution in [0.4, 0.5) is 0 Å². The maximum Gasteiger partial charge on any atom is 0.306 e. The van der Waals surface area contributed by atoms with Crippen molar-refractivity contribution >= 4 is 5.97 Å². The van der Waals surface area contributed by atoms with Gasteiger partial charge in [-0.15, -0.1) is 0 Å². The highest BCUT2D eigenvalue weighted by Gasteiger charge is 2.44. The first-order valence-electron chi connectivity index (χ1n) is 27.4. The van der Waals surface area contributed by atoms with Crippen LogP contribution in [0.25, 0.3) is 0 Å². The summed E-state index contributed by atoms with van der Waals surface area (Å²) in [6.45, 7) is 4.47. The van der Waals surface area contributed by atoms with Gasteiger partial charge in [0.1, 0.15) is 30.5 Å². The standard InChI is InChI=1S/C57H102O9/c1-3-5-7-9-11-13-15-17-19-21-23-24-25-26-27-28-29-30-32-34-36-38-40-42-44-46-53(59)65-51(50-64-57-56(62)55(61)54(60)52(48-58)66-57)49-63-47-45-43-41-39-37-35-33-31-22-20-18-16-14-12-10-8-6-4-2/h5,7,11,13,17,19,23-24,26-27,51-52,54-58,60-62H,3-4,6,8-10,12,14-16,18,20-22,25,28-50H2,1-2H3/b7-5-,13-11-,19-17-,24-23-,27-26-. The van der Waals surface area contributed by atoms with Crippen molar-refractivity contribution in [1.29, 1.82) is 0 Å². The smallest absolute Gasteiger partial charge is 0.306 e. The maximum atomic E-state index is 12.9. The lowest BCUT2D eigenvalue weighted by molar-refractivity contribution is -0.305. The molecular weight excluding hydrogens is 829 g/mol. The Bertz CT molecular complexity index is 1200. The normalized spacial score (nSPS) is 19.8. The molecule has 0 aromatic carbocycles. The van der Waals surface area contributed by atoms with Gasteiger partial charge in [-0.3, -0.25) is 4.79 Å². The predicted octanol–water partition coefficient (Wildman–Crippen LogP) is 13.8. The van der Waals surface area contributed by atoms with Gasteiger partial charge in [-0.05, 0) is 57.8 Å². The van der Waals surface area contributed by atoms with Gasteiger partial charge in [0.2, 0.25) is 0 Å². The van der Waals surface area contributed by atoms with Gasteiger partial charge in [0, 0.05) is 13.0 Å². The number of aliphatic hydroxyl groups is 4. The number of hydrogen-bond donors (Lipinski definition) is 4. The van der Waals surface area contributed by atoms with Gasteiger partial charge in [0.05, 0.1) is 19.8 Å². The third-order valence-electron chi connectivity index (χ3n) is 12.4. The van der Waals surface area contributed by atoms with Crippen LogP contribution < -0.4 is 0 Å². The summed E-state index contributed by atoms with van der Waals surface area (Å²) >= 11 is 0. The molecule has 9 nitrogen and oxygen atoms in total. The molecule has 1 aliphatic heterocycles. The summed E-state index contributed by atoms with van der Waals surface area (Å²) in [5, 5.41) is 40.3. The third kappa shape index (κ3) is 37.8. The van der Waals surface area contributed by atoms with Crippen molar-refractivity contribution in [3.8, 4) is 0 Å². The van der Waals surface area contributed by atoms with E-state index in [1.807, 2.05) is 0 Å². The molecule has 1 aliphatic rings. The minimum absolute atomic E-state index is 0.115. The average molecular weight is 931 g/mol. The Hall–Kier alpha value is -2.11.